The van der Waals surface area contributed by atoms with Gasteiger partial charge in [-0.3, -0.25) is 4.98 Å². The van der Waals surface area contributed by atoms with Gasteiger partial charge in [0.1, 0.15) is 11.9 Å². The Morgan fingerprint density at radius 1 is 1.37 bits per heavy atom. The molecule has 92 valence electrons. The second kappa shape index (κ2) is 4.48. The Morgan fingerprint density at radius 2 is 2.21 bits per heavy atom. The van der Waals surface area contributed by atoms with Gasteiger partial charge in [0.25, 0.3) is 0 Å². The molecule has 0 amide bonds. The number of hydrogen-bond donors (Lipinski definition) is 0. The van der Waals surface area contributed by atoms with Crippen molar-refractivity contribution in [2.45, 2.75) is 0 Å². The minimum atomic E-state index is 0.605. The van der Waals surface area contributed by atoms with Crippen LogP contribution in [0.15, 0.2) is 41.1 Å². The summed E-state index contributed by atoms with van der Waals surface area (Å²) in [6, 6.07) is 9.72. The van der Waals surface area contributed by atoms with E-state index in [-0.39, 0.29) is 0 Å². The molecular formula is C14H9BrN4. The van der Waals surface area contributed by atoms with Crippen LogP contribution in [0.1, 0.15) is 5.56 Å². The summed E-state index contributed by atoms with van der Waals surface area (Å²) in [4.78, 5) is 8.71. The lowest BCUT2D eigenvalue weighted by Crippen LogP contribution is -1.93. The zero-order valence-corrected chi connectivity index (χ0v) is 11.7. The molecule has 2 heterocycles. The number of halogens is 1. The second-order valence-corrected chi connectivity index (χ2v) is 5.02. The summed E-state index contributed by atoms with van der Waals surface area (Å²) in [5.74, 6) is 0.838. The van der Waals surface area contributed by atoms with E-state index in [1.807, 2.05) is 35.9 Å². The Morgan fingerprint density at radius 3 is 2.89 bits per heavy atom. The maximum atomic E-state index is 9.07. The van der Waals surface area contributed by atoms with E-state index >= 15 is 0 Å². The average Bonchev–Trinajstić information content (AvgIpc) is 2.75. The normalized spacial score (nSPS) is 10.6. The molecular weight excluding hydrogens is 304 g/mol. The Hall–Kier alpha value is -2.19. The number of nitriles is 1. The van der Waals surface area contributed by atoms with Gasteiger partial charge in [-0.2, -0.15) is 5.26 Å². The highest BCUT2D eigenvalue weighted by atomic mass is 79.9. The average molecular weight is 313 g/mol. The molecule has 4 nitrogen and oxygen atoms in total. The maximum absolute atomic E-state index is 9.07. The lowest BCUT2D eigenvalue weighted by molar-refractivity contribution is 0.957. The number of benzene rings is 1. The summed E-state index contributed by atoms with van der Waals surface area (Å²) >= 11 is 3.38. The molecule has 0 bridgehead atoms. The Kier molecular flexibility index (Phi) is 2.80. The molecule has 0 saturated carbocycles. The number of hydrogen-bond acceptors (Lipinski definition) is 3. The van der Waals surface area contributed by atoms with Crippen molar-refractivity contribution in [1.29, 1.82) is 5.26 Å². The van der Waals surface area contributed by atoms with Crippen molar-refractivity contribution < 1.29 is 0 Å². The highest BCUT2D eigenvalue weighted by molar-refractivity contribution is 9.10. The molecule has 0 aliphatic carbocycles. The van der Waals surface area contributed by atoms with Crippen molar-refractivity contribution in [1.82, 2.24) is 14.5 Å². The molecule has 0 N–H and O–H groups in total. The van der Waals surface area contributed by atoms with E-state index in [4.69, 9.17) is 5.26 Å². The topological polar surface area (TPSA) is 54.5 Å². The number of aryl methyl sites for hydroxylation is 1. The van der Waals surface area contributed by atoms with Crippen LogP contribution >= 0.6 is 15.9 Å². The second-order valence-electron chi connectivity index (χ2n) is 4.17. The summed E-state index contributed by atoms with van der Waals surface area (Å²) in [5.41, 5.74) is 3.34. The minimum Gasteiger partial charge on any atom is -0.327 e. The zero-order valence-electron chi connectivity index (χ0n) is 10.1. The molecule has 3 rings (SSSR count). The van der Waals surface area contributed by atoms with Gasteiger partial charge in [-0.15, -0.1) is 0 Å². The van der Waals surface area contributed by atoms with Crippen molar-refractivity contribution in [2.75, 3.05) is 0 Å². The van der Waals surface area contributed by atoms with E-state index in [1.165, 1.54) is 0 Å². The van der Waals surface area contributed by atoms with Crippen molar-refractivity contribution >= 4 is 27.0 Å². The predicted molar refractivity (Wildman–Crippen MR) is 76.4 cm³/mol. The Bertz CT molecular complexity index is 800. The summed E-state index contributed by atoms with van der Waals surface area (Å²) < 4.78 is 2.73. The highest BCUT2D eigenvalue weighted by Crippen LogP contribution is 2.27. The first-order valence-corrected chi connectivity index (χ1v) is 6.46. The molecule has 3 aromatic rings. The fraction of sp³-hybridized carbons (Fsp3) is 0.0714. The van der Waals surface area contributed by atoms with Gasteiger partial charge < -0.3 is 4.57 Å². The van der Waals surface area contributed by atoms with Crippen LogP contribution < -0.4 is 0 Å². The largest absolute Gasteiger partial charge is 0.327 e. The van der Waals surface area contributed by atoms with Crippen LogP contribution in [0.4, 0.5) is 0 Å². The fourth-order valence-corrected chi connectivity index (χ4v) is 2.47. The smallest absolute Gasteiger partial charge is 0.142 e. The van der Waals surface area contributed by atoms with Crippen molar-refractivity contribution in [3.8, 4) is 17.5 Å². The molecule has 0 unspecified atom stereocenters. The molecule has 0 spiro atoms. The molecule has 0 atom stereocenters. The number of pyridine rings is 1. The van der Waals surface area contributed by atoms with E-state index in [9.17, 15) is 0 Å². The third-order valence-electron chi connectivity index (χ3n) is 3.01. The van der Waals surface area contributed by atoms with Crippen LogP contribution in [0.3, 0.4) is 0 Å². The number of imidazole rings is 1. The van der Waals surface area contributed by atoms with Crippen LogP contribution in [0.2, 0.25) is 0 Å². The van der Waals surface area contributed by atoms with Crippen LogP contribution in [-0.2, 0) is 7.05 Å². The van der Waals surface area contributed by atoms with E-state index in [1.54, 1.807) is 12.4 Å². The number of rotatable bonds is 1. The minimum absolute atomic E-state index is 0.605. The number of aromatic nitrogens is 3. The van der Waals surface area contributed by atoms with Gasteiger partial charge in [-0.1, -0.05) is 0 Å². The Balaban J connectivity index is 2.30. The van der Waals surface area contributed by atoms with E-state index in [0.29, 0.717) is 5.56 Å². The predicted octanol–water partition coefficient (Wildman–Crippen LogP) is 3.27. The van der Waals surface area contributed by atoms with E-state index in [0.717, 1.165) is 26.9 Å². The standard InChI is InChI=1S/C14H9BrN4/c1-19-13-5-10(7-16)11(15)6-12(13)18-14(19)9-3-2-4-17-8-9/h2-6,8H,1H3. The summed E-state index contributed by atoms with van der Waals surface area (Å²) in [6.45, 7) is 0. The molecule has 0 saturated heterocycles. The molecule has 2 aromatic heterocycles. The fourth-order valence-electron chi connectivity index (χ4n) is 2.05. The quantitative estimate of drug-likeness (QED) is 0.693. The van der Waals surface area contributed by atoms with Gasteiger partial charge >= 0.3 is 0 Å². The third-order valence-corrected chi connectivity index (χ3v) is 3.67. The van der Waals surface area contributed by atoms with E-state index < -0.39 is 0 Å². The summed E-state index contributed by atoms with van der Waals surface area (Å²) in [6.07, 6.45) is 3.51. The first-order chi connectivity index (χ1) is 9.20. The zero-order chi connectivity index (χ0) is 13.4. The van der Waals surface area contributed by atoms with E-state index in [2.05, 4.69) is 32.0 Å². The lowest BCUT2D eigenvalue weighted by atomic mass is 10.2. The van der Waals surface area contributed by atoms with Gasteiger partial charge in [0.15, 0.2) is 0 Å². The maximum Gasteiger partial charge on any atom is 0.142 e. The first-order valence-electron chi connectivity index (χ1n) is 5.67. The van der Waals surface area contributed by atoms with Gasteiger partial charge in [-0.05, 0) is 40.2 Å². The third kappa shape index (κ3) is 1.90. The summed E-state index contributed by atoms with van der Waals surface area (Å²) in [7, 11) is 1.94. The van der Waals surface area contributed by atoms with Gasteiger partial charge in [0.2, 0.25) is 0 Å². The summed E-state index contributed by atoms with van der Waals surface area (Å²) in [5, 5.41) is 9.07. The highest BCUT2D eigenvalue weighted by Gasteiger charge is 2.12. The van der Waals surface area contributed by atoms with Gasteiger partial charge in [0.05, 0.1) is 16.6 Å². The molecule has 1 aromatic carbocycles. The van der Waals surface area contributed by atoms with Crippen LogP contribution in [-0.4, -0.2) is 14.5 Å². The first kappa shape index (κ1) is 11.9. The SMILES string of the molecule is Cn1c(-c2cccnc2)nc2cc(Br)c(C#N)cc21. The molecule has 19 heavy (non-hydrogen) atoms. The molecule has 0 aliphatic heterocycles. The number of nitrogens with zero attached hydrogens (tertiary/aromatic N) is 4. The number of fused-ring (bicyclic) bond motifs is 1. The molecule has 0 aliphatic rings. The van der Waals surface area contributed by atoms with Gasteiger partial charge in [-0.25, -0.2) is 4.98 Å². The lowest BCUT2D eigenvalue weighted by Gasteiger charge is -2.01. The van der Waals surface area contributed by atoms with Crippen molar-refractivity contribution in [2.24, 2.45) is 7.05 Å². The van der Waals surface area contributed by atoms with Gasteiger partial charge in [0, 0.05) is 29.5 Å². The monoisotopic (exact) mass is 312 g/mol. The van der Waals surface area contributed by atoms with Crippen molar-refractivity contribution in [3.63, 3.8) is 0 Å². The van der Waals surface area contributed by atoms with Crippen LogP contribution in [0.25, 0.3) is 22.4 Å². The van der Waals surface area contributed by atoms with Crippen molar-refractivity contribution in [3.05, 3.63) is 46.7 Å². The molecule has 5 heteroatoms. The molecule has 0 radical (unpaired) electrons. The Labute approximate surface area is 118 Å². The molecule has 0 fully saturated rings. The van der Waals surface area contributed by atoms with Crippen LogP contribution in [0.5, 0.6) is 0 Å². The van der Waals surface area contributed by atoms with Crippen LogP contribution in [0, 0.1) is 11.3 Å².